The molecule has 130 valence electrons. The second kappa shape index (κ2) is 5.49. The van der Waals surface area contributed by atoms with Gasteiger partial charge in [0.15, 0.2) is 0 Å². The van der Waals surface area contributed by atoms with Gasteiger partial charge in [0, 0.05) is 6.42 Å². The topological polar surface area (TPSA) is 37.3 Å². The molecule has 0 aromatic heterocycles. The Kier molecular flexibility index (Phi) is 3.81. The lowest BCUT2D eigenvalue weighted by molar-refractivity contribution is -0.141. The van der Waals surface area contributed by atoms with Gasteiger partial charge in [0.05, 0.1) is 0 Å². The lowest BCUT2D eigenvalue weighted by Gasteiger charge is -2.60. The van der Waals surface area contributed by atoms with Crippen molar-refractivity contribution in [3.8, 4) is 0 Å². The molecule has 23 heavy (non-hydrogen) atoms. The Morgan fingerprint density at radius 3 is 2.48 bits per heavy atom. The third-order valence-electron chi connectivity index (χ3n) is 9.20. The van der Waals surface area contributed by atoms with Gasteiger partial charge in [0.25, 0.3) is 0 Å². The molecule has 7 atom stereocenters. The van der Waals surface area contributed by atoms with Crippen LogP contribution in [0.2, 0.25) is 0 Å². The molecule has 0 aromatic rings. The molecule has 1 N–H and O–H groups in total. The highest BCUT2D eigenvalue weighted by molar-refractivity contribution is 5.67. The van der Waals surface area contributed by atoms with Gasteiger partial charge in [-0.1, -0.05) is 26.7 Å². The van der Waals surface area contributed by atoms with Crippen molar-refractivity contribution < 1.29 is 9.90 Å². The summed E-state index contributed by atoms with van der Waals surface area (Å²) in [5.41, 5.74) is 0.921. The summed E-state index contributed by atoms with van der Waals surface area (Å²) in [5.74, 6) is 3.48. The van der Waals surface area contributed by atoms with E-state index in [1.165, 1.54) is 57.8 Å². The molecule has 4 fully saturated rings. The molecular formula is C21H34O2. The van der Waals surface area contributed by atoms with Crippen LogP contribution in [-0.4, -0.2) is 11.1 Å². The van der Waals surface area contributed by atoms with Crippen molar-refractivity contribution in [2.24, 2.45) is 40.4 Å². The number of rotatable bonds is 2. The smallest absolute Gasteiger partial charge is 0.303 e. The van der Waals surface area contributed by atoms with Gasteiger partial charge >= 0.3 is 5.97 Å². The molecule has 0 amide bonds. The maximum atomic E-state index is 11.3. The lowest BCUT2D eigenvalue weighted by atomic mass is 9.45. The summed E-state index contributed by atoms with van der Waals surface area (Å²) < 4.78 is 0. The van der Waals surface area contributed by atoms with Gasteiger partial charge in [0.2, 0.25) is 0 Å². The summed E-state index contributed by atoms with van der Waals surface area (Å²) in [7, 11) is 0. The zero-order valence-electron chi connectivity index (χ0n) is 15.0. The molecule has 0 radical (unpaired) electrons. The Balaban J connectivity index is 1.59. The van der Waals surface area contributed by atoms with Gasteiger partial charge in [-0.25, -0.2) is 0 Å². The summed E-state index contributed by atoms with van der Waals surface area (Å²) in [5, 5.41) is 9.31. The number of carboxylic acids is 1. The zero-order valence-corrected chi connectivity index (χ0v) is 15.0. The first-order valence-electron chi connectivity index (χ1n) is 10.2. The third-order valence-corrected chi connectivity index (χ3v) is 9.20. The first kappa shape index (κ1) is 16.0. The Labute approximate surface area is 141 Å². The normalized spacial score (nSPS) is 52.3. The van der Waals surface area contributed by atoms with Gasteiger partial charge in [-0.2, -0.15) is 0 Å². The molecule has 0 heterocycles. The Hall–Kier alpha value is -0.530. The predicted molar refractivity (Wildman–Crippen MR) is 92.1 cm³/mol. The van der Waals surface area contributed by atoms with Crippen LogP contribution in [0.1, 0.15) is 84.5 Å². The van der Waals surface area contributed by atoms with Crippen LogP contribution in [0.3, 0.4) is 0 Å². The van der Waals surface area contributed by atoms with Crippen LogP contribution >= 0.6 is 0 Å². The fourth-order valence-electron chi connectivity index (χ4n) is 7.95. The van der Waals surface area contributed by atoms with Crippen LogP contribution < -0.4 is 0 Å². The van der Waals surface area contributed by atoms with E-state index >= 15 is 0 Å². The molecule has 0 aromatic carbocycles. The molecule has 4 saturated carbocycles. The molecule has 0 spiro atoms. The molecule has 1 unspecified atom stereocenters. The van der Waals surface area contributed by atoms with E-state index in [4.69, 9.17) is 0 Å². The van der Waals surface area contributed by atoms with Crippen molar-refractivity contribution in [1.82, 2.24) is 0 Å². The summed E-state index contributed by atoms with van der Waals surface area (Å²) in [4.78, 5) is 11.3. The van der Waals surface area contributed by atoms with Crippen molar-refractivity contribution in [2.75, 3.05) is 0 Å². The quantitative estimate of drug-likeness (QED) is 0.729. The Morgan fingerprint density at radius 1 is 0.913 bits per heavy atom. The first-order valence-corrected chi connectivity index (χ1v) is 10.2. The maximum Gasteiger partial charge on any atom is 0.303 e. The Morgan fingerprint density at radius 2 is 1.70 bits per heavy atom. The van der Waals surface area contributed by atoms with E-state index < -0.39 is 5.97 Å². The summed E-state index contributed by atoms with van der Waals surface area (Å²) in [6.07, 6.45) is 14.3. The minimum atomic E-state index is -0.582. The van der Waals surface area contributed by atoms with E-state index in [9.17, 15) is 9.90 Å². The van der Waals surface area contributed by atoms with Crippen molar-refractivity contribution in [2.45, 2.75) is 84.5 Å². The van der Waals surface area contributed by atoms with Gasteiger partial charge < -0.3 is 5.11 Å². The summed E-state index contributed by atoms with van der Waals surface area (Å²) >= 11 is 0. The van der Waals surface area contributed by atoms with E-state index in [0.29, 0.717) is 23.2 Å². The van der Waals surface area contributed by atoms with Crippen LogP contribution in [-0.2, 0) is 4.79 Å². The van der Waals surface area contributed by atoms with Crippen LogP contribution in [0.25, 0.3) is 0 Å². The van der Waals surface area contributed by atoms with Crippen molar-refractivity contribution in [3.63, 3.8) is 0 Å². The van der Waals surface area contributed by atoms with E-state index in [2.05, 4.69) is 13.8 Å². The van der Waals surface area contributed by atoms with Crippen molar-refractivity contribution >= 4 is 5.97 Å². The number of carbonyl (C=O) groups is 1. The summed E-state index contributed by atoms with van der Waals surface area (Å²) in [6.45, 7) is 5.07. The zero-order chi connectivity index (χ0) is 16.2. The molecule has 4 rings (SSSR count). The molecule has 4 aliphatic carbocycles. The molecular weight excluding hydrogens is 284 g/mol. The number of fused-ring (bicyclic) bond motifs is 5. The van der Waals surface area contributed by atoms with E-state index in [0.717, 1.165) is 30.1 Å². The fourth-order valence-corrected chi connectivity index (χ4v) is 7.95. The van der Waals surface area contributed by atoms with Crippen molar-refractivity contribution in [1.29, 1.82) is 0 Å². The highest BCUT2D eigenvalue weighted by Crippen LogP contribution is 2.67. The van der Waals surface area contributed by atoms with Crippen LogP contribution in [0, 0.1) is 40.4 Å². The average molecular weight is 319 g/mol. The fraction of sp³-hybridized carbons (Fsp3) is 0.952. The lowest BCUT2D eigenvalue weighted by Crippen LogP contribution is -2.52. The highest BCUT2D eigenvalue weighted by atomic mass is 16.4. The standard InChI is InChI=1S/C21H34O2/c1-20-11-4-3-5-14(20)6-8-16-17-9-7-15(13-19(22)23)21(17,2)12-10-18(16)20/h14-18H,3-13H2,1-2H3,(H,22,23)/t14-,15?,16+,17+,18+,20+,21-/m1/s1. The SMILES string of the molecule is C[C@]12CCCC[C@@H]1CC[C@@H]1[C@@H]2CC[C@]2(C)C(CC(=O)O)CC[C@@H]12. The minimum absolute atomic E-state index is 0.317. The first-order chi connectivity index (χ1) is 10.9. The number of aliphatic carboxylic acids is 1. The maximum absolute atomic E-state index is 11.3. The molecule has 2 heteroatoms. The average Bonchev–Trinajstić information content (AvgIpc) is 2.83. The van der Waals surface area contributed by atoms with Crippen molar-refractivity contribution in [3.05, 3.63) is 0 Å². The largest absolute Gasteiger partial charge is 0.481 e. The van der Waals surface area contributed by atoms with E-state index in [-0.39, 0.29) is 0 Å². The monoisotopic (exact) mass is 318 g/mol. The molecule has 0 aliphatic heterocycles. The number of carboxylic acid groups (broad SMARTS) is 1. The Bertz CT molecular complexity index is 486. The van der Waals surface area contributed by atoms with Crippen LogP contribution in [0.15, 0.2) is 0 Å². The predicted octanol–water partition coefficient (Wildman–Crippen LogP) is 5.51. The molecule has 0 saturated heterocycles. The van der Waals surface area contributed by atoms with Gasteiger partial charge in [-0.3, -0.25) is 4.79 Å². The number of hydrogen-bond acceptors (Lipinski definition) is 1. The van der Waals surface area contributed by atoms with E-state index in [1.54, 1.807) is 0 Å². The van der Waals surface area contributed by atoms with Gasteiger partial charge in [-0.05, 0) is 91.8 Å². The van der Waals surface area contributed by atoms with Gasteiger partial charge in [0.1, 0.15) is 0 Å². The second-order valence-corrected chi connectivity index (χ2v) is 9.82. The molecule has 2 nitrogen and oxygen atoms in total. The highest BCUT2D eigenvalue weighted by Gasteiger charge is 2.59. The van der Waals surface area contributed by atoms with Crippen LogP contribution in [0.5, 0.6) is 0 Å². The van der Waals surface area contributed by atoms with Gasteiger partial charge in [-0.15, -0.1) is 0 Å². The summed E-state index contributed by atoms with van der Waals surface area (Å²) in [6, 6.07) is 0. The second-order valence-electron chi connectivity index (χ2n) is 9.82. The number of hydrogen-bond donors (Lipinski definition) is 1. The van der Waals surface area contributed by atoms with E-state index in [1.807, 2.05) is 0 Å². The molecule has 0 bridgehead atoms. The minimum Gasteiger partial charge on any atom is -0.481 e. The molecule has 4 aliphatic rings. The third kappa shape index (κ3) is 2.30. The van der Waals surface area contributed by atoms with Crippen LogP contribution in [0.4, 0.5) is 0 Å².